The van der Waals surface area contributed by atoms with E-state index < -0.39 is 16.6 Å². The molecule has 0 spiro atoms. The molecule has 0 aromatic heterocycles. The van der Waals surface area contributed by atoms with Crippen molar-refractivity contribution in [3.63, 3.8) is 0 Å². The SMILES string of the molecule is Cc1cc(NC(=O)CNc2ccccc2F)c([N+](=O)[O-])cc1C. The molecule has 2 aromatic carbocycles. The zero-order valence-corrected chi connectivity index (χ0v) is 12.7. The molecule has 2 N–H and O–H groups in total. The van der Waals surface area contributed by atoms with Gasteiger partial charge in [0.25, 0.3) is 5.69 Å². The van der Waals surface area contributed by atoms with Crippen molar-refractivity contribution in [2.45, 2.75) is 13.8 Å². The summed E-state index contributed by atoms with van der Waals surface area (Å²) in [6.07, 6.45) is 0. The Bertz CT molecular complexity index is 762. The third-order valence-corrected chi connectivity index (χ3v) is 3.40. The van der Waals surface area contributed by atoms with E-state index in [2.05, 4.69) is 10.6 Å². The summed E-state index contributed by atoms with van der Waals surface area (Å²) < 4.78 is 13.5. The van der Waals surface area contributed by atoms with Gasteiger partial charge in [0.2, 0.25) is 5.91 Å². The number of benzene rings is 2. The third-order valence-electron chi connectivity index (χ3n) is 3.40. The minimum Gasteiger partial charge on any atom is -0.374 e. The number of rotatable bonds is 5. The van der Waals surface area contributed by atoms with Crippen molar-refractivity contribution in [1.29, 1.82) is 0 Å². The standard InChI is InChI=1S/C16H16FN3O3/c1-10-7-14(15(20(22)23)8-11(10)2)19-16(21)9-18-13-6-4-3-5-12(13)17/h3-8,18H,9H2,1-2H3,(H,19,21). The second-order valence-corrected chi connectivity index (χ2v) is 5.09. The first-order chi connectivity index (χ1) is 10.9. The quantitative estimate of drug-likeness (QED) is 0.654. The summed E-state index contributed by atoms with van der Waals surface area (Å²) in [4.78, 5) is 22.5. The normalized spacial score (nSPS) is 10.2. The first kappa shape index (κ1) is 16.4. The molecule has 0 aliphatic rings. The van der Waals surface area contributed by atoms with Crippen molar-refractivity contribution < 1.29 is 14.1 Å². The molecule has 0 radical (unpaired) electrons. The number of anilines is 2. The van der Waals surface area contributed by atoms with Crippen LogP contribution in [-0.2, 0) is 4.79 Å². The maximum atomic E-state index is 13.5. The van der Waals surface area contributed by atoms with E-state index >= 15 is 0 Å². The van der Waals surface area contributed by atoms with E-state index in [0.29, 0.717) is 0 Å². The van der Waals surface area contributed by atoms with E-state index in [0.717, 1.165) is 11.1 Å². The van der Waals surface area contributed by atoms with Crippen LogP contribution in [0.4, 0.5) is 21.5 Å². The number of hydrogen-bond donors (Lipinski definition) is 2. The lowest BCUT2D eigenvalue weighted by molar-refractivity contribution is -0.384. The summed E-state index contributed by atoms with van der Waals surface area (Å²) in [5.41, 5.74) is 1.73. The molecule has 0 aliphatic heterocycles. The van der Waals surface area contributed by atoms with Crippen LogP contribution < -0.4 is 10.6 Å². The number of amides is 1. The lowest BCUT2D eigenvalue weighted by atomic mass is 10.1. The van der Waals surface area contributed by atoms with Crippen LogP contribution in [0.5, 0.6) is 0 Å². The van der Waals surface area contributed by atoms with Crippen molar-refractivity contribution in [2.24, 2.45) is 0 Å². The largest absolute Gasteiger partial charge is 0.374 e. The van der Waals surface area contributed by atoms with Crippen LogP contribution in [0.1, 0.15) is 11.1 Å². The summed E-state index contributed by atoms with van der Waals surface area (Å²) in [6, 6.07) is 8.91. The van der Waals surface area contributed by atoms with Gasteiger partial charge in [0.1, 0.15) is 11.5 Å². The highest BCUT2D eigenvalue weighted by Crippen LogP contribution is 2.27. The number of hydrogen-bond acceptors (Lipinski definition) is 4. The smallest absolute Gasteiger partial charge is 0.293 e. The first-order valence-corrected chi connectivity index (χ1v) is 6.92. The Balaban J connectivity index is 2.10. The maximum absolute atomic E-state index is 13.5. The Labute approximate surface area is 132 Å². The van der Waals surface area contributed by atoms with Crippen molar-refractivity contribution >= 4 is 23.0 Å². The van der Waals surface area contributed by atoms with Crippen LogP contribution in [0, 0.1) is 29.8 Å². The van der Waals surface area contributed by atoms with Gasteiger partial charge in [0, 0.05) is 6.07 Å². The van der Waals surface area contributed by atoms with Crippen LogP contribution in [0.15, 0.2) is 36.4 Å². The molecule has 0 atom stereocenters. The van der Waals surface area contributed by atoms with Gasteiger partial charge in [-0.2, -0.15) is 0 Å². The van der Waals surface area contributed by atoms with Gasteiger partial charge in [-0.15, -0.1) is 0 Å². The van der Waals surface area contributed by atoms with Crippen LogP contribution in [-0.4, -0.2) is 17.4 Å². The Kier molecular flexibility index (Phi) is 4.90. The summed E-state index contributed by atoms with van der Waals surface area (Å²) in [5, 5.41) is 16.2. The van der Waals surface area contributed by atoms with E-state index in [9.17, 15) is 19.3 Å². The maximum Gasteiger partial charge on any atom is 0.293 e. The van der Waals surface area contributed by atoms with E-state index in [1.165, 1.54) is 18.2 Å². The number of nitro groups is 1. The predicted octanol–water partition coefficient (Wildman–Crippen LogP) is 3.40. The number of nitrogens with zero attached hydrogens (tertiary/aromatic N) is 1. The van der Waals surface area contributed by atoms with Gasteiger partial charge in [0.05, 0.1) is 17.2 Å². The van der Waals surface area contributed by atoms with Gasteiger partial charge in [-0.3, -0.25) is 14.9 Å². The number of para-hydroxylation sites is 1. The molecule has 1 amide bonds. The second-order valence-electron chi connectivity index (χ2n) is 5.09. The molecule has 0 aliphatic carbocycles. The number of carbonyl (C=O) groups excluding carboxylic acids is 1. The zero-order valence-electron chi connectivity index (χ0n) is 12.7. The van der Waals surface area contributed by atoms with Gasteiger partial charge < -0.3 is 10.6 Å². The molecule has 0 fully saturated rings. The molecule has 120 valence electrons. The highest BCUT2D eigenvalue weighted by atomic mass is 19.1. The number of nitrogens with one attached hydrogen (secondary N) is 2. The van der Waals surface area contributed by atoms with Crippen molar-refractivity contribution in [3.8, 4) is 0 Å². The first-order valence-electron chi connectivity index (χ1n) is 6.92. The molecule has 2 rings (SSSR count). The Morgan fingerprint density at radius 3 is 2.48 bits per heavy atom. The van der Waals surface area contributed by atoms with E-state index in [-0.39, 0.29) is 23.6 Å². The lowest BCUT2D eigenvalue weighted by Crippen LogP contribution is -2.22. The number of nitro benzene ring substituents is 1. The predicted molar refractivity (Wildman–Crippen MR) is 86.1 cm³/mol. The minimum atomic E-state index is -0.549. The van der Waals surface area contributed by atoms with Gasteiger partial charge in [-0.1, -0.05) is 12.1 Å². The lowest BCUT2D eigenvalue weighted by Gasteiger charge is -2.10. The molecular formula is C16H16FN3O3. The molecule has 0 heterocycles. The fraction of sp³-hybridized carbons (Fsp3) is 0.188. The molecule has 7 heteroatoms. The summed E-state index contributed by atoms with van der Waals surface area (Å²) in [5.74, 6) is -0.975. The summed E-state index contributed by atoms with van der Waals surface area (Å²) in [6.45, 7) is 3.35. The summed E-state index contributed by atoms with van der Waals surface area (Å²) >= 11 is 0. The van der Waals surface area contributed by atoms with Crippen molar-refractivity contribution in [2.75, 3.05) is 17.2 Å². The third kappa shape index (κ3) is 4.03. The molecule has 0 unspecified atom stereocenters. The number of halogens is 1. The number of carbonyl (C=O) groups is 1. The molecule has 0 bridgehead atoms. The fourth-order valence-electron chi connectivity index (χ4n) is 2.03. The van der Waals surface area contributed by atoms with Gasteiger partial charge in [-0.05, 0) is 43.2 Å². The van der Waals surface area contributed by atoms with E-state index in [1.807, 2.05) is 0 Å². The van der Waals surface area contributed by atoms with Crippen LogP contribution in [0.3, 0.4) is 0 Å². The van der Waals surface area contributed by atoms with Gasteiger partial charge in [0.15, 0.2) is 0 Å². The van der Waals surface area contributed by atoms with Crippen molar-refractivity contribution in [3.05, 3.63) is 63.5 Å². The molecule has 2 aromatic rings. The molecular weight excluding hydrogens is 301 g/mol. The molecule has 0 saturated heterocycles. The topological polar surface area (TPSA) is 84.3 Å². The second kappa shape index (κ2) is 6.87. The Morgan fingerprint density at radius 1 is 1.17 bits per heavy atom. The van der Waals surface area contributed by atoms with Crippen LogP contribution in [0.25, 0.3) is 0 Å². The van der Waals surface area contributed by atoms with Crippen LogP contribution >= 0.6 is 0 Å². The zero-order chi connectivity index (χ0) is 17.0. The minimum absolute atomic E-state index is 0.124. The monoisotopic (exact) mass is 317 g/mol. The van der Waals surface area contributed by atoms with Crippen molar-refractivity contribution in [1.82, 2.24) is 0 Å². The van der Waals surface area contributed by atoms with E-state index in [1.54, 1.807) is 32.0 Å². The highest BCUT2D eigenvalue weighted by molar-refractivity contribution is 5.96. The average molecular weight is 317 g/mol. The van der Waals surface area contributed by atoms with E-state index in [4.69, 9.17) is 0 Å². The number of aryl methyl sites for hydroxylation is 2. The van der Waals surface area contributed by atoms with Crippen LogP contribution in [0.2, 0.25) is 0 Å². The molecule has 6 nitrogen and oxygen atoms in total. The van der Waals surface area contributed by atoms with Gasteiger partial charge in [-0.25, -0.2) is 4.39 Å². The average Bonchev–Trinajstić information content (AvgIpc) is 2.49. The Morgan fingerprint density at radius 2 is 1.83 bits per heavy atom. The summed E-state index contributed by atoms with van der Waals surface area (Å²) in [7, 11) is 0. The fourth-order valence-corrected chi connectivity index (χ4v) is 2.03. The Hall–Kier alpha value is -2.96. The van der Waals surface area contributed by atoms with Gasteiger partial charge >= 0.3 is 0 Å². The molecule has 0 saturated carbocycles. The highest BCUT2D eigenvalue weighted by Gasteiger charge is 2.17. The molecule has 23 heavy (non-hydrogen) atoms.